The van der Waals surface area contributed by atoms with Crippen molar-refractivity contribution in [3.63, 3.8) is 0 Å². The summed E-state index contributed by atoms with van der Waals surface area (Å²) in [6, 6.07) is 2.27. The predicted molar refractivity (Wildman–Crippen MR) is 42.1 cm³/mol. The first-order valence-electron chi connectivity index (χ1n) is 4.06. The molecule has 0 aromatic carbocycles. The van der Waals surface area contributed by atoms with Crippen LogP contribution in [0.1, 0.15) is 13.3 Å². The molecule has 1 heterocycles. The Kier molecular flexibility index (Phi) is 3.34. The lowest BCUT2D eigenvalue weighted by Gasteiger charge is -2.20. The summed E-state index contributed by atoms with van der Waals surface area (Å²) in [5.41, 5.74) is 0. The van der Waals surface area contributed by atoms with E-state index in [2.05, 4.69) is 11.0 Å². The van der Waals surface area contributed by atoms with Gasteiger partial charge in [0.15, 0.2) is 0 Å². The van der Waals surface area contributed by atoms with Crippen molar-refractivity contribution in [3.8, 4) is 6.07 Å². The molecule has 0 aromatic rings. The van der Waals surface area contributed by atoms with Gasteiger partial charge in [0.1, 0.15) is 0 Å². The van der Waals surface area contributed by atoms with Crippen LogP contribution in [0.5, 0.6) is 0 Å². The van der Waals surface area contributed by atoms with E-state index in [-0.39, 0.29) is 6.04 Å². The molecule has 1 aliphatic heterocycles. The van der Waals surface area contributed by atoms with Gasteiger partial charge in [0, 0.05) is 19.7 Å². The molecule has 0 aliphatic carbocycles. The van der Waals surface area contributed by atoms with Crippen molar-refractivity contribution in [3.05, 3.63) is 0 Å². The maximum Gasteiger partial charge on any atom is 0.0950 e. The molecule has 62 valence electrons. The Morgan fingerprint density at radius 1 is 1.45 bits per heavy atom. The van der Waals surface area contributed by atoms with Gasteiger partial charge in [-0.15, -0.1) is 0 Å². The Bertz CT molecular complexity index is 145. The first-order valence-corrected chi connectivity index (χ1v) is 4.06. The monoisotopic (exact) mass is 154 g/mol. The molecule has 1 rings (SSSR count). The van der Waals surface area contributed by atoms with E-state index in [1.807, 2.05) is 6.92 Å². The van der Waals surface area contributed by atoms with Crippen molar-refractivity contribution in [2.24, 2.45) is 0 Å². The molecule has 0 saturated carbocycles. The Morgan fingerprint density at radius 2 is 2.27 bits per heavy atom. The van der Waals surface area contributed by atoms with E-state index in [0.717, 1.165) is 32.7 Å². The van der Waals surface area contributed by atoms with E-state index in [4.69, 9.17) is 10.00 Å². The van der Waals surface area contributed by atoms with E-state index < -0.39 is 0 Å². The van der Waals surface area contributed by atoms with E-state index in [0.29, 0.717) is 0 Å². The predicted octanol–water partition coefficient (Wildman–Crippen LogP) is 0.621. The van der Waals surface area contributed by atoms with Crippen LogP contribution in [-0.4, -0.2) is 37.2 Å². The fourth-order valence-electron chi connectivity index (χ4n) is 1.23. The summed E-state index contributed by atoms with van der Waals surface area (Å²) in [4.78, 5) is 2.16. The summed E-state index contributed by atoms with van der Waals surface area (Å²) >= 11 is 0. The van der Waals surface area contributed by atoms with Crippen LogP contribution in [0.4, 0.5) is 0 Å². The Hall–Kier alpha value is -0.590. The van der Waals surface area contributed by atoms with Crippen molar-refractivity contribution in [2.75, 3.05) is 26.3 Å². The average molecular weight is 154 g/mol. The molecular weight excluding hydrogens is 140 g/mol. The molecule has 1 atom stereocenters. The molecular formula is C8H14N2O. The minimum absolute atomic E-state index is 0.0386. The number of nitriles is 1. The highest BCUT2D eigenvalue weighted by atomic mass is 16.5. The molecule has 1 unspecified atom stereocenters. The zero-order valence-corrected chi connectivity index (χ0v) is 6.92. The van der Waals surface area contributed by atoms with Gasteiger partial charge in [-0.3, -0.25) is 4.90 Å². The lowest BCUT2D eigenvalue weighted by atomic mass is 10.3. The molecule has 0 spiro atoms. The Labute approximate surface area is 67.6 Å². The molecule has 1 saturated heterocycles. The summed E-state index contributed by atoms with van der Waals surface area (Å²) in [6.45, 7) is 5.44. The zero-order valence-electron chi connectivity index (χ0n) is 6.92. The maximum absolute atomic E-state index is 8.65. The molecule has 1 aliphatic rings. The molecule has 0 aromatic heterocycles. The second-order valence-electron chi connectivity index (χ2n) is 2.81. The second kappa shape index (κ2) is 4.32. The van der Waals surface area contributed by atoms with Gasteiger partial charge in [0.2, 0.25) is 0 Å². The van der Waals surface area contributed by atoms with Gasteiger partial charge in [-0.1, -0.05) is 0 Å². The van der Waals surface area contributed by atoms with Gasteiger partial charge < -0.3 is 4.74 Å². The third kappa shape index (κ3) is 2.49. The van der Waals surface area contributed by atoms with Crippen LogP contribution in [0.25, 0.3) is 0 Å². The lowest BCUT2D eigenvalue weighted by molar-refractivity contribution is 0.138. The fraction of sp³-hybridized carbons (Fsp3) is 0.875. The van der Waals surface area contributed by atoms with Crippen LogP contribution >= 0.6 is 0 Å². The molecule has 0 N–H and O–H groups in total. The van der Waals surface area contributed by atoms with Crippen LogP contribution < -0.4 is 0 Å². The number of rotatable bonds is 1. The van der Waals surface area contributed by atoms with Gasteiger partial charge in [0.25, 0.3) is 0 Å². The van der Waals surface area contributed by atoms with E-state index in [1.54, 1.807) is 0 Å². The van der Waals surface area contributed by atoms with E-state index in [9.17, 15) is 0 Å². The van der Waals surface area contributed by atoms with E-state index >= 15 is 0 Å². The minimum Gasteiger partial charge on any atom is -0.380 e. The van der Waals surface area contributed by atoms with Gasteiger partial charge in [-0.2, -0.15) is 5.26 Å². The quantitative estimate of drug-likeness (QED) is 0.555. The minimum atomic E-state index is 0.0386. The first-order chi connectivity index (χ1) is 5.34. The summed E-state index contributed by atoms with van der Waals surface area (Å²) < 4.78 is 5.27. The van der Waals surface area contributed by atoms with Crippen molar-refractivity contribution in [1.82, 2.24) is 4.90 Å². The van der Waals surface area contributed by atoms with Gasteiger partial charge in [0.05, 0.1) is 18.7 Å². The molecule has 3 heteroatoms. The molecule has 0 amide bonds. The van der Waals surface area contributed by atoms with Crippen molar-refractivity contribution in [2.45, 2.75) is 19.4 Å². The molecule has 3 nitrogen and oxygen atoms in total. The normalized spacial score (nSPS) is 23.6. The Balaban J connectivity index is 2.37. The molecule has 0 bridgehead atoms. The summed E-state index contributed by atoms with van der Waals surface area (Å²) in [5.74, 6) is 0. The van der Waals surface area contributed by atoms with Gasteiger partial charge in [-0.05, 0) is 13.3 Å². The van der Waals surface area contributed by atoms with Crippen LogP contribution in [0.3, 0.4) is 0 Å². The number of hydrogen-bond acceptors (Lipinski definition) is 3. The molecule has 11 heavy (non-hydrogen) atoms. The van der Waals surface area contributed by atoms with Gasteiger partial charge >= 0.3 is 0 Å². The maximum atomic E-state index is 8.65. The number of nitrogens with zero attached hydrogens (tertiary/aromatic N) is 2. The zero-order chi connectivity index (χ0) is 8.10. The first kappa shape index (κ1) is 8.51. The SMILES string of the molecule is CC(C#N)N1CCCOCC1. The van der Waals surface area contributed by atoms with Crippen LogP contribution in [-0.2, 0) is 4.74 Å². The van der Waals surface area contributed by atoms with Gasteiger partial charge in [-0.25, -0.2) is 0 Å². The molecule has 0 radical (unpaired) electrons. The fourth-order valence-corrected chi connectivity index (χ4v) is 1.23. The third-order valence-corrected chi connectivity index (χ3v) is 1.99. The van der Waals surface area contributed by atoms with Crippen molar-refractivity contribution >= 4 is 0 Å². The smallest absolute Gasteiger partial charge is 0.0950 e. The van der Waals surface area contributed by atoms with Crippen LogP contribution in [0.2, 0.25) is 0 Å². The standard InChI is InChI=1S/C8H14N2O/c1-8(7-9)10-3-2-5-11-6-4-10/h8H,2-6H2,1H3. The summed E-state index contributed by atoms with van der Waals surface area (Å²) in [7, 11) is 0. The highest BCUT2D eigenvalue weighted by Gasteiger charge is 2.14. The van der Waals surface area contributed by atoms with Crippen molar-refractivity contribution in [1.29, 1.82) is 5.26 Å². The second-order valence-corrected chi connectivity index (χ2v) is 2.81. The summed E-state index contributed by atoms with van der Waals surface area (Å²) in [5, 5.41) is 8.65. The van der Waals surface area contributed by atoms with Crippen LogP contribution in [0.15, 0.2) is 0 Å². The number of ether oxygens (including phenoxy) is 1. The lowest BCUT2D eigenvalue weighted by Crippen LogP contribution is -2.33. The highest BCUT2D eigenvalue weighted by molar-refractivity contribution is 4.88. The van der Waals surface area contributed by atoms with Crippen molar-refractivity contribution < 1.29 is 4.74 Å². The molecule has 1 fully saturated rings. The third-order valence-electron chi connectivity index (χ3n) is 1.99. The number of hydrogen-bond donors (Lipinski definition) is 0. The average Bonchev–Trinajstić information content (AvgIpc) is 2.30. The topological polar surface area (TPSA) is 36.3 Å². The van der Waals surface area contributed by atoms with E-state index in [1.165, 1.54) is 0 Å². The Morgan fingerprint density at radius 3 is 3.00 bits per heavy atom. The summed E-state index contributed by atoms with van der Waals surface area (Å²) in [6.07, 6.45) is 1.05. The van der Waals surface area contributed by atoms with Crippen LogP contribution in [0, 0.1) is 11.3 Å². The highest BCUT2D eigenvalue weighted by Crippen LogP contribution is 2.03. The largest absolute Gasteiger partial charge is 0.380 e.